The van der Waals surface area contributed by atoms with E-state index in [1.165, 1.54) is 17.7 Å². The van der Waals surface area contributed by atoms with Gasteiger partial charge in [0.25, 0.3) is 0 Å². The van der Waals surface area contributed by atoms with Gasteiger partial charge in [0.1, 0.15) is 6.33 Å². The van der Waals surface area contributed by atoms with E-state index in [2.05, 4.69) is 12.0 Å². The third kappa shape index (κ3) is 4.89. The summed E-state index contributed by atoms with van der Waals surface area (Å²) in [6, 6.07) is 7.06. The lowest BCUT2D eigenvalue weighted by molar-refractivity contribution is -0.926. The van der Waals surface area contributed by atoms with Gasteiger partial charge in [0, 0.05) is 6.54 Å². The molecule has 2 aromatic rings. The minimum absolute atomic E-state index is 0.370. The first-order valence-corrected chi connectivity index (χ1v) is 11.8. The highest BCUT2D eigenvalue weighted by atomic mass is 32.2. The molecular weight excluding hydrogens is 394 g/mol. The maximum absolute atomic E-state index is 12.8. The third-order valence-electron chi connectivity index (χ3n) is 5.26. The molecule has 0 atom stereocenters. The number of benzene rings is 1. The van der Waals surface area contributed by atoms with Crippen molar-refractivity contribution in [1.82, 2.24) is 18.7 Å². The number of piperazine rings is 1. The van der Waals surface area contributed by atoms with Gasteiger partial charge in [-0.25, -0.2) is 8.42 Å². The van der Waals surface area contributed by atoms with Crippen LogP contribution in [0.5, 0.6) is 0 Å². The lowest BCUT2D eigenvalue weighted by Gasteiger charge is -2.31. The number of hydrogen-bond acceptors (Lipinski definition) is 4. The second-order valence-corrected chi connectivity index (χ2v) is 9.74. The van der Waals surface area contributed by atoms with Gasteiger partial charge in [-0.05, 0) is 37.7 Å². The zero-order valence-electron chi connectivity index (χ0n) is 16.7. The van der Waals surface area contributed by atoms with Gasteiger partial charge in [0.2, 0.25) is 14.8 Å². The van der Waals surface area contributed by atoms with Gasteiger partial charge in [0.15, 0.2) is 6.67 Å². The van der Waals surface area contributed by atoms with Crippen LogP contribution in [0.25, 0.3) is 0 Å². The van der Waals surface area contributed by atoms with Crippen LogP contribution in [0.3, 0.4) is 0 Å². The summed E-state index contributed by atoms with van der Waals surface area (Å²) < 4.78 is 31.9. The van der Waals surface area contributed by atoms with Crippen LogP contribution in [0.2, 0.25) is 0 Å². The number of aryl methyl sites for hydroxylation is 2. The van der Waals surface area contributed by atoms with E-state index < -0.39 is 10.0 Å². The van der Waals surface area contributed by atoms with E-state index in [0.717, 1.165) is 36.4 Å². The van der Waals surface area contributed by atoms with Crippen molar-refractivity contribution in [2.75, 3.05) is 26.2 Å². The zero-order valence-corrected chi connectivity index (χ0v) is 18.3. The van der Waals surface area contributed by atoms with E-state index in [1.54, 1.807) is 16.4 Å². The molecule has 1 aliphatic rings. The monoisotopic (exact) mass is 424 g/mol. The number of sulfonamides is 1. The summed E-state index contributed by atoms with van der Waals surface area (Å²) in [5.41, 5.74) is 1.05. The number of aromatic nitrogens is 3. The second-order valence-electron chi connectivity index (χ2n) is 7.44. The molecule has 0 radical (unpaired) electrons. The Morgan fingerprint density at radius 1 is 1.14 bits per heavy atom. The van der Waals surface area contributed by atoms with Crippen LogP contribution >= 0.6 is 12.2 Å². The first-order chi connectivity index (χ1) is 13.4. The fraction of sp³-hybridized carbons (Fsp3) is 0.579. The predicted molar refractivity (Wildman–Crippen MR) is 111 cm³/mol. The molecule has 28 heavy (non-hydrogen) atoms. The molecule has 0 aliphatic carbocycles. The van der Waals surface area contributed by atoms with E-state index in [1.807, 2.05) is 34.6 Å². The number of hydrogen-bond donors (Lipinski definition) is 1. The van der Waals surface area contributed by atoms with Gasteiger partial charge in [-0.1, -0.05) is 37.5 Å². The first-order valence-electron chi connectivity index (χ1n) is 9.94. The number of unbranched alkanes of at least 4 members (excludes halogenated alkanes) is 2. The number of nitrogens with one attached hydrogen (secondary N) is 1. The summed E-state index contributed by atoms with van der Waals surface area (Å²) in [4.78, 5) is 1.67. The van der Waals surface area contributed by atoms with Gasteiger partial charge in [-0.3, -0.25) is 0 Å². The highest BCUT2D eigenvalue weighted by molar-refractivity contribution is 7.89. The molecule has 1 N–H and O–H groups in total. The van der Waals surface area contributed by atoms with Crippen LogP contribution in [0.4, 0.5) is 0 Å². The van der Waals surface area contributed by atoms with Gasteiger partial charge in [-0.15, -0.1) is 0 Å². The highest BCUT2D eigenvalue weighted by Gasteiger charge is 2.30. The predicted octanol–water partition coefficient (Wildman–Crippen LogP) is 1.46. The molecule has 1 aromatic carbocycles. The molecule has 1 fully saturated rings. The van der Waals surface area contributed by atoms with Crippen molar-refractivity contribution in [2.45, 2.75) is 51.2 Å². The summed E-state index contributed by atoms with van der Waals surface area (Å²) in [5.74, 6) is 0. The lowest BCUT2D eigenvalue weighted by Crippen LogP contribution is -3.14. The molecule has 7 nitrogen and oxygen atoms in total. The maximum atomic E-state index is 12.8. The van der Waals surface area contributed by atoms with Crippen molar-refractivity contribution in [2.24, 2.45) is 0 Å². The number of rotatable bonds is 8. The summed E-state index contributed by atoms with van der Waals surface area (Å²) in [6.45, 7) is 8.24. The Morgan fingerprint density at radius 3 is 2.46 bits per heavy atom. The van der Waals surface area contributed by atoms with Gasteiger partial charge < -0.3 is 9.47 Å². The average Bonchev–Trinajstić information content (AvgIpc) is 3.03. The molecular formula is C19H30N5O2S2+. The SMILES string of the molecule is CCCCCn1cnn(C[NH+]2CCN(S(=O)(=O)c3ccc(C)cc3)CC2)c1=S. The van der Waals surface area contributed by atoms with Crippen LogP contribution in [-0.4, -0.2) is 53.2 Å². The van der Waals surface area contributed by atoms with Crippen LogP contribution < -0.4 is 4.90 Å². The van der Waals surface area contributed by atoms with E-state index in [9.17, 15) is 8.42 Å². The Morgan fingerprint density at radius 2 is 1.82 bits per heavy atom. The molecule has 0 unspecified atom stereocenters. The van der Waals surface area contributed by atoms with E-state index in [0.29, 0.717) is 24.7 Å². The van der Waals surface area contributed by atoms with E-state index in [-0.39, 0.29) is 0 Å². The summed E-state index contributed by atoms with van der Waals surface area (Å²) >= 11 is 5.54. The Hall–Kier alpha value is -1.55. The number of nitrogens with zero attached hydrogens (tertiary/aromatic N) is 4. The van der Waals surface area contributed by atoms with E-state index >= 15 is 0 Å². The molecule has 0 bridgehead atoms. The summed E-state index contributed by atoms with van der Waals surface area (Å²) in [7, 11) is -3.42. The molecule has 0 saturated carbocycles. The minimum atomic E-state index is -3.42. The molecule has 154 valence electrons. The topological polar surface area (TPSA) is 64.6 Å². The highest BCUT2D eigenvalue weighted by Crippen LogP contribution is 2.16. The number of quaternary nitrogens is 1. The normalized spacial score (nSPS) is 16.5. The van der Waals surface area contributed by atoms with Crippen molar-refractivity contribution in [3.05, 3.63) is 40.9 Å². The summed E-state index contributed by atoms with van der Waals surface area (Å²) in [6.07, 6.45) is 5.30. The van der Waals surface area contributed by atoms with Crippen LogP contribution in [0.1, 0.15) is 31.7 Å². The average molecular weight is 425 g/mol. The molecule has 1 aromatic heterocycles. The standard InChI is InChI=1S/C19H29N5O2S2/c1-3-4-5-10-22-15-20-24(19(22)27)16-21-11-13-23(14-12-21)28(25,26)18-8-6-17(2)7-9-18/h6-9,15H,3-5,10-14,16H2,1-2H3/p+1. The molecule has 1 saturated heterocycles. The molecule has 3 rings (SSSR count). The Balaban J connectivity index is 1.57. The fourth-order valence-corrected chi connectivity index (χ4v) is 5.13. The van der Waals surface area contributed by atoms with Crippen molar-refractivity contribution >= 4 is 22.2 Å². The van der Waals surface area contributed by atoms with Crippen molar-refractivity contribution < 1.29 is 13.3 Å². The molecule has 0 amide bonds. The first kappa shape index (κ1) is 21.2. The van der Waals surface area contributed by atoms with Gasteiger partial charge in [0.05, 0.1) is 31.1 Å². The quantitative estimate of drug-likeness (QED) is 0.515. The smallest absolute Gasteiger partial charge is 0.243 e. The second kappa shape index (κ2) is 9.30. The van der Waals surface area contributed by atoms with Crippen LogP contribution in [0, 0.1) is 11.7 Å². The van der Waals surface area contributed by atoms with Crippen molar-refractivity contribution in [3.8, 4) is 0 Å². The maximum Gasteiger partial charge on any atom is 0.243 e. The lowest BCUT2D eigenvalue weighted by atomic mass is 10.2. The largest absolute Gasteiger partial charge is 0.314 e. The van der Waals surface area contributed by atoms with Gasteiger partial charge >= 0.3 is 0 Å². The van der Waals surface area contributed by atoms with Crippen LogP contribution in [-0.2, 0) is 23.2 Å². The van der Waals surface area contributed by atoms with Crippen molar-refractivity contribution in [1.29, 1.82) is 0 Å². The van der Waals surface area contributed by atoms with Crippen molar-refractivity contribution in [3.63, 3.8) is 0 Å². The molecule has 0 spiro atoms. The Labute approximate surface area is 172 Å². The third-order valence-corrected chi connectivity index (χ3v) is 7.62. The molecule has 2 heterocycles. The molecule has 9 heteroatoms. The Kier molecular flexibility index (Phi) is 7.03. The van der Waals surface area contributed by atoms with E-state index in [4.69, 9.17) is 12.2 Å². The van der Waals surface area contributed by atoms with Crippen LogP contribution in [0.15, 0.2) is 35.5 Å². The fourth-order valence-electron chi connectivity index (χ4n) is 3.44. The summed E-state index contributed by atoms with van der Waals surface area (Å²) in [5, 5.41) is 4.43. The molecule has 1 aliphatic heterocycles. The Bertz CT molecular complexity index is 926. The zero-order chi connectivity index (χ0) is 20.1. The minimum Gasteiger partial charge on any atom is -0.314 e. The van der Waals surface area contributed by atoms with Gasteiger partial charge in [-0.2, -0.15) is 14.1 Å².